The molecule has 7 nitrogen and oxygen atoms in total. The van der Waals surface area contributed by atoms with Gasteiger partial charge in [0.25, 0.3) is 0 Å². The molecule has 0 heterocycles. The Bertz CT molecular complexity index is 1100. The van der Waals surface area contributed by atoms with Crippen LogP contribution in [0.15, 0.2) is 53.0 Å². The van der Waals surface area contributed by atoms with Gasteiger partial charge in [0, 0.05) is 30.5 Å². The van der Waals surface area contributed by atoms with Gasteiger partial charge in [0.2, 0.25) is 21.8 Å². The first kappa shape index (κ1) is 28.8. The first-order valence-electron chi connectivity index (χ1n) is 11.6. The molecule has 35 heavy (non-hydrogen) atoms. The zero-order valence-electron chi connectivity index (χ0n) is 20.3. The van der Waals surface area contributed by atoms with E-state index in [9.17, 15) is 22.4 Å². The lowest BCUT2D eigenvalue weighted by atomic mass is 10.1. The first-order chi connectivity index (χ1) is 16.5. The molecule has 0 saturated heterocycles. The van der Waals surface area contributed by atoms with Gasteiger partial charge in [-0.25, -0.2) is 12.8 Å². The van der Waals surface area contributed by atoms with Crippen LogP contribution in [0.1, 0.15) is 45.1 Å². The van der Waals surface area contributed by atoms with E-state index in [4.69, 9.17) is 0 Å². The second-order valence-corrected chi connectivity index (χ2v) is 11.2. The van der Waals surface area contributed by atoms with Crippen molar-refractivity contribution < 1.29 is 22.4 Å². The molecule has 0 saturated carbocycles. The van der Waals surface area contributed by atoms with Crippen molar-refractivity contribution in [2.75, 3.05) is 23.7 Å². The lowest BCUT2D eigenvalue weighted by Crippen LogP contribution is -2.48. The van der Waals surface area contributed by atoms with Gasteiger partial charge in [0.1, 0.15) is 11.9 Å². The van der Waals surface area contributed by atoms with Gasteiger partial charge in [0.15, 0.2) is 0 Å². The Hall–Kier alpha value is -2.46. The molecular weight excluding hydrogens is 537 g/mol. The number of para-hydroxylation sites is 1. The van der Waals surface area contributed by atoms with E-state index in [0.717, 1.165) is 33.4 Å². The van der Waals surface area contributed by atoms with Crippen LogP contribution >= 0.6 is 15.9 Å². The molecule has 1 N–H and O–H groups in total. The van der Waals surface area contributed by atoms with Crippen LogP contribution in [-0.2, 0) is 26.2 Å². The Balaban J connectivity index is 2.14. The monoisotopic (exact) mass is 569 g/mol. The fourth-order valence-corrected chi connectivity index (χ4v) is 4.77. The SMILES string of the molecule is CCCCNC(=O)C(C)N(Cc1ccc(Br)cc1)C(=O)CCCN(c1ccccc1F)S(C)(=O)=O. The second-order valence-electron chi connectivity index (χ2n) is 8.36. The van der Waals surface area contributed by atoms with Crippen molar-refractivity contribution in [2.45, 2.75) is 52.1 Å². The van der Waals surface area contributed by atoms with Gasteiger partial charge in [-0.15, -0.1) is 0 Å². The molecule has 0 aliphatic rings. The molecule has 192 valence electrons. The average Bonchev–Trinajstić information content (AvgIpc) is 2.81. The van der Waals surface area contributed by atoms with Crippen molar-refractivity contribution in [3.63, 3.8) is 0 Å². The quantitative estimate of drug-likeness (QED) is 0.360. The molecule has 2 amide bonds. The fraction of sp³-hybridized carbons (Fsp3) is 0.440. The highest BCUT2D eigenvalue weighted by molar-refractivity contribution is 9.10. The van der Waals surface area contributed by atoms with Gasteiger partial charge < -0.3 is 10.2 Å². The van der Waals surface area contributed by atoms with E-state index in [-0.39, 0.29) is 43.4 Å². The molecule has 0 aliphatic carbocycles. The maximum Gasteiger partial charge on any atom is 0.242 e. The number of carbonyl (C=O) groups excluding carboxylic acids is 2. The van der Waals surface area contributed by atoms with Crippen LogP contribution in [0.25, 0.3) is 0 Å². The Morgan fingerprint density at radius 2 is 1.74 bits per heavy atom. The van der Waals surface area contributed by atoms with Crippen molar-refractivity contribution in [3.05, 3.63) is 64.4 Å². The average molecular weight is 571 g/mol. The number of rotatable bonds is 13. The van der Waals surface area contributed by atoms with Crippen molar-refractivity contribution in [1.82, 2.24) is 10.2 Å². The van der Waals surface area contributed by atoms with Gasteiger partial charge in [-0.2, -0.15) is 0 Å². The normalized spacial score (nSPS) is 12.1. The molecule has 0 spiro atoms. The molecule has 0 bridgehead atoms. The molecule has 0 aliphatic heterocycles. The molecule has 1 atom stereocenters. The van der Waals surface area contributed by atoms with Gasteiger partial charge in [-0.3, -0.25) is 13.9 Å². The summed E-state index contributed by atoms with van der Waals surface area (Å²) in [5.74, 6) is -1.18. The first-order valence-corrected chi connectivity index (χ1v) is 14.2. The van der Waals surface area contributed by atoms with Crippen molar-refractivity contribution in [2.24, 2.45) is 0 Å². The number of sulfonamides is 1. The van der Waals surface area contributed by atoms with E-state index in [1.54, 1.807) is 13.0 Å². The van der Waals surface area contributed by atoms with Crippen LogP contribution in [0, 0.1) is 5.82 Å². The van der Waals surface area contributed by atoms with E-state index in [1.165, 1.54) is 23.1 Å². The fourth-order valence-electron chi connectivity index (χ4n) is 3.54. The Morgan fingerprint density at radius 1 is 1.09 bits per heavy atom. The number of unbranched alkanes of at least 4 members (excludes halogenated alkanes) is 1. The highest BCUT2D eigenvalue weighted by Crippen LogP contribution is 2.22. The minimum atomic E-state index is -3.75. The van der Waals surface area contributed by atoms with Crippen LogP contribution in [0.5, 0.6) is 0 Å². The molecule has 2 rings (SSSR count). The van der Waals surface area contributed by atoms with Gasteiger partial charge >= 0.3 is 0 Å². The van der Waals surface area contributed by atoms with Crippen molar-refractivity contribution in [1.29, 1.82) is 0 Å². The van der Waals surface area contributed by atoms with E-state index < -0.39 is 21.9 Å². The Kier molecular flexibility index (Phi) is 11.2. The van der Waals surface area contributed by atoms with Crippen LogP contribution in [0.4, 0.5) is 10.1 Å². The van der Waals surface area contributed by atoms with E-state index >= 15 is 0 Å². The number of hydrogen-bond acceptors (Lipinski definition) is 4. The summed E-state index contributed by atoms with van der Waals surface area (Å²) in [7, 11) is -3.75. The number of benzene rings is 2. The zero-order valence-corrected chi connectivity index (χ0v) is 22.7. The summed E-state index contributed by atoms with van der Waals surface area (Å²) < 4.78 is 40.7. The number of nitrogens with zero attached hydrogens (tertiary/aromatic N) is 2. The second kappa shape index (κ2) is 13.6. The number of halogens is 2. The number of nitrogens with one attached hydrogen (secondary N) is 1. The van der Waals surface area contributed by atoms with E-state index in [1.807, 2.05) is 31.2 Å². The summed E-state index contributed by atoms with van der Waals surface area (Å²) >= 11 is 3.39. The van der Waals surface area contributed by atoms with Gasteiger partial charge in [0.05, 0.1) is 11.9 Å². The summed E-state index contributed by atoms with van der Waals surface area (Å²) in [4.78, 5) is 27.4. The summed E-state index contributed by atoms with van der Waals surface area (Å²) in [6.07, 6.45) is 2.96. The Labute approximate surface area is 215 Å². The molecule has 2 aromatic rings. The molecule has 0 radical (unpaired) electrons. The molecule has 1 unspecified atom stereocenters. The van der Waals surface area contributed by atoms with Crippen LogP contribution in [0.3, 0.4) is 0 Å². The standard InChI is InChI=1S/C25H33BrFN3O4S/c1-4-5-16-28-25(32)19(2)29(18-20-12-14-21(26)15-13-20)24(31)11-8-17-30(35(3,33)34)23-10-7-6-9-22(23)27/h6-7,9-10,12-15,19H,4-5,8,11,16-18H2,1-3H3,(H,28,32). The Morgan fingerprint density at radius 3 is 2.34 bits per heavy atom. The predicted octanol–water partition coefficient (Wildman–Crippen LogP) is 4.47. The van der Waals surface area contributed by atoms with Crippen LogP contribution in [-0.4, -0.2) is 50.5 Å². The number of amides is 2. The lowest BCUT2D eigenvalue weighted by Gasteiger charge is -2.29. The number of anilines is 1. The minimum Gasteiger partial charge on any atom is -0.354 e. The number of carbonyl (C=O) groups is 2. The van der Waals surface area contributed by atoms with E-state index in [0.29, 0.717) is 6.54 Å². The molecule has 0 aromatic heterocycles. The smallest absolute Gasteiger partial charge is 0.242 e. The topological polar surface area (TPSA) is 86.8 Å². The maximum atomic E-state index is 14.2. The summed E-state index contributed by atoms with van der Waals surface area (Å²) in [6, 6.07) is 12.4. The minimum absolute atomic E-state index is 0.00355. The highest BCUT2D eigenvalue weighted by atomic mass is 79.9. The molecule has 10 heteroatoms. The predicted molar refractivity (Wildman–Crippen MR) is 140 cm³/mol. The van der Waals surface area contributed by atoms with Gasteiger partial charge in [-0.1, -0.05) is 53.5 Å². The van der Waals surface area contributed by atoms with Crippen LogP contribution < -0.4 is 9.62 Å². The third-order valence-corrected chi connectivity index (χ3v) is 7.24. The molecule has 2 aromatic carbocycles. The third-order valence-electron chi connectivity index (χ3n) is 5.54. The van der Waals surface area contributed by atoms with Gasteiger partial charge in [-0.05, 0) is 49.6 Å². The van der Waals surface area contributed by atoms with Crippen molar-refractivity contribution >= 4 is 43.5 Å². The summed E-state index contributed by atoms with van der Waals surface area (Å²) in [5.41, 5.74) is 0.803. The summed E-state index contributed by atoms with van der Waals surface area (Å²) in [5, 5.41) is 2.87. The summed E-state index contributed by atoms with van der Waals surface area (Å²) in [6.45, 7) is 4.42. The van der Waals surface area contributed by atoms with E-state index in [2.05, 4.69) is 21.2 Å². The molecular formula is C25H33BrFN3O4S. The lowest BCUT2D eigenvalue weighted by molar-refractivity contribution is -0.140. The largest absolute Gasteiger partial charge is 0.354 e. The van der Waals surface area contributed by atoms with Crippen molar-refractivity contribution in [3.8, 4) is 0 Å². The molecule has 0 fully saturated rings. The third kappa shape index (κ3) is 8.92. The highest BCUT2D eigenvalue weighted by Gasteiger charge is 2.27. The zero-order chi connectivity index (χ0) is 26.0. The van der Waals surface area contributed by atoms with Crippen LogP contribution in [0.2, 0.25) is 0 Å². The number of hydrogen-bond donors (Lipinski definition) is 1. The maximum absolute atomic E-state index is 14.2.